The van der Waals surface area contributed by atoms with Crippen LogP contribution in [0.25, 0.3) is 0 Å². The van der Waals surface area contributed by atoms with E-state index in [0.717, 1.165) is 5.92 Å². The van der Waals surface area contributed by atoms with Crippen molar-refractivity contribution < 1.29 is 4.74 Å². The summed E-state index contributed by atoms with van der Waals surface area (Å²) in [7, 11) is 1.89. The van der Waals surface area contributed by atoms with E-state index in [9.17, 15) is 0 Å². The average molecular weight is 198 g/mol. The van der Waals surface area contributed by atoms with Gasteiger partial charge in [-0.1, -0.05) is 34.1 Å². The molecule has 14 heavy (non-hydrogen) atoms. The summed E-state index contributed by atoms with van der Waals surface area (Å²) in [6.45, 7) is 9.23. The van der Waals surface area contributed by atoms with Crippen LogP contribution in [0.5, 0.6) is 0 Å². The molecule has 0 bridgehead atoms. The minimum absolute atomic E-state index is 0.138. The molecule has 1 rings (SSSR count). The summed E-state index contributed by atoms with van der Waals surface area (Å²) in [6, 6.07) is 0. The highest BCUT2D eigenvalue weighted by Crippen LogP contribution is 2.46. The molecule has 1 fully saturated rings. The molecule has 0 spiro atoms. The second kappa shape index (κ2) is 4.22. The van der Waals surface area contributed by atoms with Crippen molar-refractivity contribution in [2.24, 2.45) is 11.3 Å². The Hall–Kier alpha value is -0.0400. The van der Waals surface area contributed by atoms with Crippen molar-refractivity contribution >= 4 is 0 Å². The Kier molecular flexibility index (Phi) is 3.63. The van der Waals surface area contributed by atoms with Crippen molar-refractivity contribution in [1.82, 2.24) is 0 Å². The van der Waals surface area contributed by atoms with Crippen molar-refractivity contribution in [1.29, 1.82) is 0 Å². The molecule has 0 aromatic rings. The molecule has 1 nitrogen and oxygen atoms in total. The predicted molar refractivity (Wildman–Crippen MR) is 61.4 cm³/mol. The Bertz CT molecular complexity index is 170. The number of methoxy groups -OCH3 is 1. The van der Waals surface area contributed by atoms with E-state index in [2.05, 4.69) is 27.7 Å². The van der Waals surface area contributed by atoms with E-state index in [-0.39, 0.29) is 11.0 Å². The van der Waals surface area contributed by atoms with Gasteiger partial charge in [-0.2, -0.15) is 0 Å². The Balaban J connectivity index is 2.66. The monoisotopic (exact) mass is 198 g/mol. The topological polar surface area (TPSA) is 9.23 Å². The third kappa shape index (κ3) is 2.13. The zero-order valence-corrected chi connectivity index (χ0v) is 10.5. The molecule has 0 saturated heterocycles. The number of hydrogen-bond donors (Lipinski definition) is 0. The molecule has 1 heteroatoms. The first-order valence-corrected chi connectivity index (χ1v) is 6.00. The quantitative estimate of drug-likeness (QED) is 0.651. The lowest BCUT2D eigenvalue weighted by Crippen LogP contribution is -2.47. The van der Waals surface area contributed by atoms with Crippen LogP contribution >= 0.6 is 0 Å². The Morgan fingerprint density at radius 2 is 1.71 bits per heavy atom. The molecule has 0 heterocycles. The smallest absolute Gasteiger partial charge is 0.0727 e. The molecule has 0 aromatic heterocycles. The minimum atomic E-state index is 0.138. The molecule has 0 radical (unpaired) electrons. The molecule has 0 N–H and O–H groups in total. The van der Waals surface area contributed by atoms with Crippen LogP contribution in [-0.4, -0.2) is 12.7 Å². The molecule has 1 aliphatic rings. The molecular weight excluding hydrogens is 172 g/mol. The van der Waals surface area contributed by atoms with Crippen LogP contribution in [0.4, 0.5) is 0 Å². The first-order chi connectivity index (χ1) is 6.45. The fourth-order valence-corrected chi connectivity index (χ4v) is 2.81. The van der Waals surface area contributed by atoms with Gasteiger partial charge in [-0.3, -0.25) is 0 Å². The fourth-order valence-electron chi connectivity index (χ4n) is 2.81. The lowest BCUT2D eigenvalue weighted by atomic mass is 9.65. The lowest BCUT2D eigenvalue weighted by Gasteiger charge is -2.48. The first kappa shape index (κ1) is 12.0. The van der Waals surface area contributed by atoms with Crippen LogP contribution in [0.15, 0.2) is 0 Å². The van der Waals surface area contributed by atoms with Crippen molar-refractivity contribution in [3.05, 3.63) is 0 Å². The maximum atomic E-state index is 5.84. The largest absolute Gasteiger partial charge is 0.378 e. The number of hydrogen-bond acceptors (Lipinski definition) is 1. The Morgan fingerprint density at radius 3 is 2.00 bits per heavy atom. The van der Waals surface area contributed by atoms with E-state index < -0.39 is 0 Å². The third-order valence-electron chi connectivity index (χ3n) is 4.25. The molecule has 0 aromatic carbocycles. The summed E-state index contributed by atoms with van der Waals surface area (Å²) >= 11 is 0. The molecule has 1 saturated carbocycles. The highest BCUT2D eigenvalue weighted by atomic mass is 16.5. The van der Waals surface area contributed by atoms with Crippen molar-refractivity contribution in [3.63, 3.8) is 0 Å². The van der Waals surface area contributed by atoms with Gasteiger partial charge in [0.1, 0.15) is 0 Å². The van der Waals surface area contributed by atoms with Gasteiger partial charge in [0, 0.05) is 7.11 Å². The summed E-state index contributed by atoms with van der Waals surface area (Å²) in [6.07, 6.45) is 6.52. The van der Waals surface area contributed by atoms with E-state index in [1.54, 1.807) is 0 Å². The van der Waals surface area contributed by atoms with Crippen LogP contribution < -0.4 is 0 Å². The molecule has 84 valence electrons. The summed E-state index contributed by atoms with van der Waals surface area (Å²) in [5, 5.41) is 0. The summed E-state index contributed by atoms with van der Waals surface area (Å²) in [5.41, 5.74) is 0.416. The van der Waals surface area contributed by atoms with Gasteiger partial charge in [0.25, 0.3) is 0 Å². The second-order valence-electron chi connectivity index (χ2n) is 5.80. The van der Waals surface area contributed by atoms with Gasteiger partial charge in [-0.25, -0.2) is 0 Å². The second-order valence-corrected chi connectivity index (χ2v) is 5.80. The van der Waals surface area contributed by atoms with Crippen molar-refractivity contribution in [3.8, 4) is 0 Å². The van der Waals surface area contributed by atoms with Crippen molar-refractivity contribution in [2.45, 2.75) is 65.4 Å². The molecule has 1 aliphatic carbocycles. The zero-order chi connectivity index (χ0) is 10.8. The maximum Gasteiger partial charge on any atom is 0.0727 e. The van der Waals surface area contributed by atoms with E-state index in [0.29, 0.717) is 0 Å². The van der Waals surface area contributed by atoms with Crippen LogP contribution in [0, 0.1) is 11.3 Å². The fraction of sp³-hybridized carbons (Fsp3) is 1.00. The van der Waals surface area contributed by atoms with Crippen LogP contribution in [0.2, 0.25) is 0 Å². The highest BCUT2D eigenvalue weighted by molar-refractivity contribution is 4.95. The van der Waals surface area contributed by atoms with Gasteiger partial charge in [0.15, 0.2) is 0 Å². The standard InChI is InChI=1S/C13H26O/c1-6-11-7-9-13(14-5,10-8-11)12(2,3)4/h11H,6-10H2,1-5H3. The number of ether oxygens (including phenoxy) is 1. The summed E-state index contributed by atoms with van der Waals surface area (Å²) < 4.78 is 5.84. The van der Waals surface area contributed by atoms with Gasteiger partial charge in [0.05, 0.1) is 5.60 Å². The average Bonchev–Trinajstić information content (AvgIpc) is 2.16. The van der Waals surface area contributed by atoms with E-state index in [4.69, 9.17) is 4.74 Å². The SMILES string of the molecule is CCC1CCC(OC)(C(C)(C)C)CC1. The van der Waals surface area contributed by atoms with Gasteiger partial charge in [0.2, 0.25) is 0 Å². The van der Waals surface area contributed by atoms with E-state index in [1.807, 2.05) is 7.11 Å². The first-order valence-electron chi connectivity index (χ1n) is 6.00. The van der Waals surface area contributed by atoms with Crippen LogP contribution in [0.3, 0.4) is 0 Å². The normalized spacial score (nSPS) is 34.5. The lowest BCUT2D eigenvalue weighted by molar-refractivity contribution is -0.122. The molecule has 0 amide bonds. The van der Waals surface area contributed by atoms with Crippen LogP contribution in [-0.2, 0) is 4.74 Å². The van der Waals surface area contributed by atoms with E-state index >= 15 is 0 Å². The van der Waals surface area contributed by atoms with Crippen molar-refractivity contribution in [2.75, 3.05) is 7.11 Å². The molecule has 0 unspecified atom stereocenters. The highest BCUT2D eigenvalue weighted by Gasteiger charge is 2.44. The Labute approximate surface area is 89.2 Å². The van der Waals surface area contributed by atoms with E-state index in [1.165, 1.54) is 32.1 Å². The molecular formula is C13H26O. The minimum Gasteiger partial charge on any atom is -0.378 e. The van der Waals surface area contributed by atoms with Crippen LogP contribution in [0.1, 0.15) is 59.8 Å². The number of rotatable bonds is 2. The van der Waals surface area contributed by atoms with Gasteiger partial charge >= 0.3 is 0 Å². The van der Waals surface area contributed by atoms with Gasteiger partial charge in [-0.05, 0) is 37.0 Å². The predicted octanol–water partition coefficient (Wildman–Crippen LogP) is 4.02. The van der Waals surface area contributed by atoms with Gasteiger partial charge in [-0.15, -0.1) is 0 Å². The third-order valence-corrected chi connectivity index (χ3v) is 4.25. The Morgan fingerprint density at radius 1 is 1.21 bits per heavy atom. The summed E-state index contributed by atoms with van der Waals surface area (Å²) in [4.78, 5) is 0. The van der Waals surface area contributed by atoms with Gasteiger partial charge < -0.3 is 4.74 Å². The maximum absolute atomic E-state index is 5.84. The molecule has 0 aliphatic heterocycles. The summed E-state index contributed by atoms with van der Waals surface area (Å²) in [5.74, 6) is 0.945. The molecule has 0 atom stereocenters. The zero-order valence-electron chi connectivity index (χ0n) is 10.5.